The van der Waals surface area contributed by atoms with E-state index in [9.17, 15) is 4.79 Å². The molecule has 2 N–H and O–H groups in total. The van der Waals surface area contributed by atoms with Gasteiger partial charge in [-0.15, -0.1) is 10.2 Å². The fraction of sp³-hybridized carbons (Fsp3) is 0.182. The van der Waals surface area contributed by atoms with Gasteiger partial charge in [0.1, 0.15) is 10.8 Å². The Balaban J connectivity index is 1.27. The van der Waals surface area contributed by atoms with E-state index >= 15 is 0 Å². The number of carbonyl (C=O) groups excluding carboxylic acids is 1. The van der Waals surface area contributed by atoms with Gasteiger partial charge >= 0.3 is 0 Å². The lowest BCUT2D eigenvalue weighted by Crippen LogP contribution is -2.13. The summed E-state index contributed by atoms with van der Waals surface area (Å²) in [6, 6.07) is 11.6. The number of fused-ring (bicyclic) bond motifs is 2. The van der Waals surface area contributed by atoms with Crippen molar-refractivity contribution in [3.8, 4) is 11.1 Å². The number of rotatable bonds is 6. The van der Waals surface area contributed by atoms with E-state index in [0.717, 1.165) is 40.5 Å². The highest BCUT2D eigenvalue weighted by Gasteiger charge is 2.30. The number of hydrogen-bond acceptors (Lipinski definition) is 8. The molecule has 11 heteroatoms. The summed E-state index contributed by atoms with van der Waals surface area (Å²) in [6.45, 7) is 0. The Bertz CT molecular complexity index is 1490. The van der Waals surface area contributed by atoms with E-state index in [2.05, 4.69) is 35.9 Å². The number of nitrogens with one attached hydrogen (secondary N) is 2. The molecule has 1 fully saturated rings. The van der Waals surface area contributed by atoms with E-state index in [-0.39, 0.29) is 11.8 Å². The molecule has 5 aromatic heterocycles. The van der Waals surface area contributed by atoms with Crippen LogP contribution in [0.3, 0.4) is 0 Å². The van der Waals surface area contributed by atoms with Gasteiger partial charge in [-0.2, -0.15) is 5.10 Å². The summed E-state index contributed by atoms with van der Waals surface area (Å²) in [5.41, 5.74) is 3.42. The molecule has 33 heavy (non-hydrogen) atoms. The Morgan fingerprint density at radius 3 is 2.64 bits per heavy atom. The lowest BCUT2D eigenvalue weighted by molar-refractivity contribution is -0.117. The second-order valence-electron chi connectivity index (χ2n) is 7.78. The van der Waals surface area contributed by atoms with Gasteiger partial charge in [-0.25, -0.2) is 14.5 Å². The third-order valence-electron chi connectivity index (χ3n) is 5.41. The first-order valence-electron chi connectivity index (χ1n) is 10.5. The second kappa shape index (κ2) is 7.85. The fourth-order valence-electron chi connectivity index (χ4n) is 3.47. The lowest BCUT2D eigenvalue weighted by atomic mass is 10.1. The third-order valence-corrected chi connectivity index (χ3v) is 6.30. The first-order chi connectivity index (χ1) is 16.2. The molecule has 0 unspecified atom stereocenters. The van der Waals surface area contributed by atoms with Gasteiger partial charge < -0.3 is 10.6 Å². The summed E-state index contributed by atoms with van der Waals surface area (Å²) in [6.07, 6.45) is 7.45. The smallest absolute Gasteiger partial charge is 0.228 e. The summed E-state index contributed by atoms with van der Waals surface area (Å²) >= 11 is 1.40. The Kier molecular flexibility index (Phi) is 4.68. The Hall–Kier alpha value is -3.99. The predicted molar refractivity (Wildman–Crippen MR) is 124 cm³/mol. The van der Waals surface area contributed by atoms with Crippen LogP contribution in [0, 0.1) is 5.92 Å². The summed E-state index contributed by atoms with van der Waals surface area (Å²) in [5, 5.41) is 20.5. The van der Waals surface area contributed by atoms with Crippen molar-refractivity contribution in [3.63, 3.8) is 0 Å². The number of pyridine rings is 2. The monoisotopic (exact) mass is 457 g/mol. The van der Waals surface area contributed by atoms with Gasteiger partial charge in [-0.3, -0.25) is 9.20 Å². The Labute approximate surface area is 192 Å². The predicted octanol–water partition coefficient (Wildman–Crippen LogP) is 3.38. The molecular formula is C22H19N9OS. The lowest BCUT2D eigenvalue weighted by Gasteiger charge is -2.05. The minimum atomic E-state index is 0.0227. The maximum atomic E-state index is 12.0. The fourth-order valence-corrected chi connectivity index (χ4v) is 4.25. The minimum absolute atomic E-state index is 0.0227. The highest BCUT2D eigenvalue weighted by atomic mass is 32.2. The number of imidazole rings is 1. The van der Waals surface area contributed by atoms with E-state index in [1.54, 1.807) is 10.7 Å². The Morgan fingerprint density at radius 1 is 1.00 bits per heavy atom. The zero-order valence-electron chi connectivity index (χ0n) is 17.6. The van der Waals surface area contributed by atoms with Crippen LogP contribution in [-0.4, -0.2) is 47.1 Å². The zero-order chi connectivity index (χ0) is 22.4. The van der Waals surface area contributed by atoms with Crippen molar-refractivity contribution in [3.05, 3.63) is 55.0 Å². The zero-order valence-corrected chi connectivity index (χ0v) is 18.5. The number of amides is 1. The van der Waals surface area contributed by atoms with Gasteiger partial charge in [0, 0.05) is 36.5 Å². The maximum Gasteiger partial charge on any atom is 0.228 e. The van der Waals surface area contributed by atoms with Crippen LogP contribution in [-0.2, 0) is 4.79 Å². The van der Waals surface area contributed by atoms with Gasteiger partial charge in [-0.1, -0.05) is 0 Å². The standard InChI is InChI=1S/C22H19N9OS/c1-23-16-6-4-14(10-24-16)15-5-7-19-27-28-22(30(19)11-15)33-20-9-8-18-25-17(12-31(18)29-20)26-21(32)13-2-3-13/h4-13H,2-3H2,1H3,(H,23,24)(H,26,32). The van der Waals surface area contributed by atoms with Crippen LogP contribution in [0.15, 0.2) is 65.2 Å². The van der Waals surface area contributed by atoms with E-state index in [1.165, 1.54) is 11.8 Å². The molecule has 1 saturated carbocycles. The van der Waals surface area contributed by atoms with E-state index < -0.39 is 0 Å². The second-order valence-corrected chi connectivity index (χ2v) is 8.76. The Morgan fingerprint density at radius 2 is 1.85 bits per heavy atom. The molecule has 10 nitrogen and oxygen atoms in total. The minimum Gasteiger partial charge on any atom is -0.373 e. The van der Waals surface area contributed by atoms with Crippen LogP contribution in [0.1, 0.15) is 12.8 Å². The van der Waals surface area contributed by atoms with Crippen LogP contribution in [0.2, 0.25) is 0 Å². The highest BCUT2D eigenvalue weighted by molar-refractivity contribution is 7.99. The quantitative estimate of drug-likeness (QED) is 0.399. The van der Waals surface area contributed by atoms with Crippen molar-refractivity contribution in [1.82, 2.24) is 34.2 Å². The van der Waals surface area contributed by atoms with Crippen molar-refractivity contribution < 1.29 is 4.79 Å². The number of aromatic nitrogens is 7. The molecule has 1 amide bonds. The molecule has 0 saturated heterocycles. The largest absolute Gasteiger partial charge is 0.373 e. The maximum absolute atomic E-state index is 12.0. The van der Waals surface area contributed by atoms with Crippen LogP contribution < -0.4 is 10.6 Å². The number of nitrogens with zero attached hydrogens (tertiary/aromatic N) is 7. The summed E-state index contributed by atoms with van der Waals surface area (Å²) in [5.74, 6) is 1.47. The molecule has 1 aliphatic carbocycles. The molecule has 1 aliphatic rings. The average Bonchev–Trinajstić information content (AvgIpc) is 3.52. The summed E-state index contributed by atoms with van der Waals surface area (Å²) in [7, 11) is 1.84. The molecule has 0 bridgehead atoms. The van der Waals surface area contributed by atoms with Crippen molar-refractivity contribution in [2.45, 2.75) is 23.0 Å². The van der Waals surface area contributed by atoms with E-state index in [1.807, 2.05) is 60.2 Å². The van der Waals surface area contributed by atoms with Crippen LogP contribution in [0.4, 0.5) is 11.6 Å². The van der Waals surface area contributed by atoms with Crippen LogP contribution >= 0.6 is 11.8 Å². The molecule has 0 atom stereocenters. The molecule has 164 valence electrons. The molecule has 0 aromatic carbocycles. The summed E-state index contributed by atoms with van der Waals surface area (Å²) in [4.78, 5) is 20.8. The molecule has 6 rings (SSSR count). The molecular weight excluding hydrogens is 438 g/mol. The van der Waals surface area contributed by atoms with Crippen molar-refractivity contribution in [1.29, 1.82) is 0 Å². The van der Waals surface area contributed by atoms with Crippen LogP contribution in [0.5, 0.6) is 0 Å². The van der Waals surface area contributed by atoms with Gasteiger partial charge in [0.15, 0.2) is 17.1 Å². The van der Waals surface area contributed by atoms with E-state index in [0.29, 0.717) is 16.6 Å². The van der Waals surface area contributed by atoms with Crippen molar-refractivity contribution >= 4 is 40.6 Å². The van der Waals surface area contributed by atoms with Gasteiger partial charge in [-0.05, 0) is 61.0 Å². The molecule has 5 heterocycles. The number of anilines is 2. The highest BCUT2D eigenvalue weighted by Crippen LogP contribution is 2.30. The third kappa shape index (κ3) is 3.87. The van der Waals surface area contributed by atoms with Crippen molar-refractivity contribution in [2.24, 2.45) is 5.92 Å². The normalized spacial score (nSPS) is 13.5. The van der Waals surface area contributed by atoms with Crippen LogP contribution in [0.25, 0.3) is 22.4 Å². The van der Waals surface area contributed by atoms with Gasteiger partial charge in [0.25, 0.3) is 0 Å². The van der Waals surface area contributed by atoms with Gasteiger partial charge in [0.05, 0.1) is 6.20 Å². The average molecular weight is 458 g/mol. The number of hydrogen-bond donors (Lipinski definition) is 2. The molecule has 0 aliphatic heterocycles. The topological polar surface area (TPSA) is 114 Å². The molecule has 0 radical (unpaired) electrons. The summed E-state index contributed by atoms with van der Waals surface area (Å²) < 4.78 is 3.60. The SMILES string of the molecule is CNc1ccc(-c2ccc3nnc(Sc4ccc5nc(NC(=O)C6CC6)cn5n4)n3c2)cn1. The molecule has 5 aromatic rings. The first kappa shape index (κ1) is 19.7. The molecule has 0 spiro atoms. The van der Waals surface area contributed by atoms with Crippen molar-refractivity contribution in [2.75, 3.05) is 17.7 Å². The van der Waals surface area contributed by atoms with Gasteiger partial charge in [0.2, 0.25) is 11.1 Å². The van der Waals surface area contributed by atoms with E-state index in [4.69, 9.17) is 0 Å². The number of carbonyl (C=O) groups is 1. The first-order valence-corrected chi connectivity index (χ1v) is 11.3.